The van der Waals surface area contributed by atoms with Crippen molar-refractivity contribution in [2.45, 2.75) is 24.9 Å². The van der Waals surface area contributed by atoms with Gasteiger partial charge in [-0.15, -0.1) is 11.3 Å². The molecule has 0 spiro atoms. The second-order valence-corrected chi connectivity index (χ2v) is 6.92. The summed E-state index contributed by atoms with van der Waals surface area (Å²) in [4.78, 5) is 12.9. The number of aromatic amines is 1. The number of sulfonamides is 1. The van der Waals surface area contributed by atoms with Crippen molar-refractivity contribution in [1.82, 2.24) is 14.9 Å². The molecule has 2 rings (SSSR count). The Kier molecular flexibility index (Phi) is 4.21. The first kappa shape index (κ1) is 14.7. The first-order chi connectivity index (χ1) is 9.44. The summed E-state index contributed by atoms with van der Waals surface area (Å²) in [5.74, 6) is -1.34. The molecule has 0 aromatic carbocycles. The van der Waals surface area contributed by atoms with Crippen molar-refractivity contribution in [2.75, 3.05) is 0 Å². The third kappa shape index (κ3) is 3.06. The van der Waals surface area contributed by atoms with Gasteiger partial charge in [0.15, 0.2) is 5.03 Å². The van der Waals surface area contributed by atoms with Gasteiger partial charge in [0.2, 0.25) is 0 Å². The molecule has 0 fully saturated rings. The van der Waals surface area contributed by atoms with E-state index in [1.54, 1.807) is 0 Å². The molecule has 20 heavy (non-hydrogen) atoms. The molecule has 0 saturated heterocycles. The fraction of sp³-hybridized carbons (Fsp3) is 0.273. The van der Waals surface area contributed by atoms with Gasteiger partial charge in [0.25, 0.3) is 10.0 Å². The van der Waals surface area contributed by atoms with E-state index in [9.17, 15) is 13.2 Å². The molecule has 0 saturated carbocycles. The predicted octanol–water partition coefficient (Wildman–Crippen LogP) is 1.21. The Balaban J connectivity index is 2.15. The summed E-state index contributed by atoms with van der Waals surface area (Å²) in [5.41, 5.74) is -0.377. The molecule has 0 radical (unpaired) electrons. The van der Waals surface area contributed by atoms with Gasteiger partial charge in [-0.25, -0.2) is 17.9 Å². The van der Waals surface area contributed by atoms with Crippen LogP contribution in [0.3, 0.4) is 0 Å². The zero-order chi connectivity index (χ0) is 14.8. The van der Waals surface area contributed by atoms with E-state index in [2.05, 4.69) is 14.9 Å². The van der Waals surface area contributed by atoms with Crippen molar-refractivity contribution in [3.63, 3.8) is 0 Å². The average Bonchev–Trinajstić information content (AvgIpc) is 3.05. The topological polar surface area (TPSA) is 112 Å². The summed E-state index contributed by atoms with van der Waals surface area (Å²) in [5, 5.41) is 14.1. The molecule has 2 aromatic heterocycles. The number of nitrogens with one attached hydrogen (secondary N) is 2. The highest BCUT2D eigenvalue weighted by molar-refractivity contribution is 7.89. The molecule has 3 N–H and O–H groups in total. The Labute approximate surface area is 119 Å². The highest BCUT2D eigenvalue weighted by atomic mass is 32.2. The molecule has 0 aliphatic carbocycles. The van der Waals surface area contributed by atoms with Crippen LogP contribution in [0.4, 0.5) is 0 Å². The van der Waals surface area contributed by atoms with E-state index in [0.717, 1.165) is 22.4 Å². The van der Waals surface area contributed by atoms with Crippen LogP contribution in [0.25, 0.3) is 0 Å². The summed E-state index contributed by atoms with van der Waals surface area (Å²) in [6.45, 7) is 2.13. The number of aryl methyl sites for hydroxylation is 1. The van der Waals surface area contributed by atoms with Crippen molar-refractivity contribution >= 4 is 27.3 Å². The van der Waals surface area contributed by atoms with Gasteiger partial charge < -0.3 is 5.11 Å². The Morgan fingerprint density at radius 2 is 2.15 bits per heavy atom. The van der Waals surface area contributed by atoms with E-state index < -0.39 is 21.0 Å². The van der Waals surface area contributed by atoms with Crippen molar-refractivity contribution in [3.8, 4) is 0 Å². The Bertz CT molecular complexity index is 718. The first-order valence-corrected chi connectivity index (χ1v) is 8.08. The van der Waals surface area contributed by atoms with E-state index in [1.165, 1.54) is 11.3 Å². The zero-order valence-corrected chi connectivity index (χ0v) is 12.2. The van der Waals surface area contributed by atoms with Crippen LogP contribution >= 0.6 is 11.3 Å². The van der Waals surface area contributed by atoms with Crippen LogP contribution in [0.5, 0.6) is 0 Å². The van der Waals surface area contributed by atoms with Crippen LogP contribution in [0.1, 0.15) is 27.0 Å². The van der Waals surface area contributed by atoms with E-state index in [0.29, 0.717) is 0 Å². The summed E-state index contributed by atoms with van der Waals surface area (Å²) < 4.78 is 26.4. The number of nitrogens with zero attached hydrogens (tertiary/aromatic N) is 1. The van der Waals surface area contributed by atoms with Gasteiger partial charge in [0.05, 0.1) is 6.20 Å². The minimum absolute atomic E-state index is 0.116. The van der Waals surface area contributed by atoms with E-state index in [-0.39, 0.29) is 12.1 Å². The van der Waals surface area contributed by atoms with Gasteiger partial charge >= 0.3 is 5.97 Å². The number of carbonyl (C=O) groups is 1. The number of carboxylic acids is 1. The van der Waals surface area contributed by atoms with Gasteiger partial charge in [-0.3, -0.25) is 5.10 Å². The van der Waals surface area contributed by atoms with Gasteiger partial charge in [-0.2, -0.15) is 5.10 Å². The van der Waals surface area contributed by atoms with E-state index in [1.807, 2.05) is 19.1 Å². The summed E-state index contributed by atoms with van der Waals surface area (Å²) in [7, 11) is -3.93. The third-order valence-electron chi connectivity index (χ3n) is 2.61. The molecule has 9 heteroatoms. The molecule has 2 aromatic rings. The fourth-order valence-electron chi connectivity index (χ4n) is 1.58. The second-order valence-electron chi connectivity index (χ2n) is 3.96. The van der Waals surface area contributed by atoms with Gasteiger partial charge in [-0.1, -0.05) is 6.92 Å². The predicted molar refractivity (Wildman–Crippen MR) is 73.3 cm³/mol. The quantitative estimate of drug-likeness (QED) is 0.741. The molecule has 7 nitrogen and oxygen atoms in total. The van der Waals surface area contributed by atoms with Crippen LogP contribution in [-0.2, 0) is 23.0 Å². The van der Waals surface area contributed by atoms with Gasteiger partial charge in [0, 0.05) is 16.3 Å². The molecule has 108 valence electrons. The smallest absolute Gasteiger partial charge is 0.340 e. The lowest BCUT2D eigenvalue weighted by Gasteiger charge is -2.04. The molecule has 0 bridgehead atoms. The number of hydrogen-bond donors (Lipinski definition) is 3. The van der Waals surface area contributed by atoms with Crippen LogP contribution in [0.15, 0.2) is 23.4 Å². The molecule has 2 heterocycles. The number of carboxylic acid groups (broad SMARTS) is 1. The van der Waals surface area contributed by atoms with Crippen LogP contribution in [-0.4, -0.2) is 29.7 Å². The second kappa shape index (κ2) is 5.73. The minimum atomic E-state index is -3.93. The number of hydrogen-bond acceptors (Lipinski definition) is 5. The van der Waals surface area contributed by atoms with E-state index >= 15 is 0 Å². The minimum Gasteiger partial charge on any atom is -0.478 e. The fourth-order valence-corrected chi connectivity index (χ4v) is 3.66. The van der Waals surface area contributed by atoms with Gasteiger partial charge in [-0.05, 0) is 18.6 Å². The first-order valence-electron chi connectivity index (χ1n) is 5.78. The maximum atomic E-state index is 12.0. The SMILES string of the molecule is CCc1ccc(CNS(=O)(=O)c2[nH]ncc2C(=O)O)s1. The summed E-state index contributed by atoms with van der Waals surface area (Å²) in [6.07, 6.45) is 1.86. The molecular formula is C11H13N3O4S2. The monoisotopic (exact) mass is 315 g/mol. The molecular weight excluding hydrogens is 302 g/mol. The Hall–Kier alpha value is -1.71. The highest BCUT2D eigenvalue weighted by Gasteiger charge is 2.24. The maximum absolute atomic E-state index is 12.0. The summed E-state index contributed by atoms with van der Waals surface area (Å²) in [6, 6.07) is 3.78. The molecule has 0 aliphatic rings. The number of thiophene rings is 1. The number of aromatic nitrogens is 2. The van der Waals surface area contributed by atoms with Crippen LogP contribution < -0.4 is 4.72 Å². The third-order valence-corrected chi connectivity index (χ3v) is 5.21. The molecule has 0 aliphatic heterocycles. The standard InChI is InChI=1S/C11H13N3O4S2/c1-2-7-3-4-8(19-7)5-13-20(17,18)10-9(11(15)16)6-12-14-10/h3-4,6,13H,2,5H2,1H3,(H,12,14)(H,15,16). The Morgan fingerprint density at radius 3 is 2.75 bits per heavy atom. The lowest BCUT2D eigenvalue weighted by molar-refractivity contribution is 0.0692. The van der Waals surface area contributed by atoms with Crippen molar-refractivity contribution in [2.24, 2.45) is 0 Å². The highest BCUT2D eigenvalue weighted by Crippen LogP contribution is 2.18. The Morgan fingerprint density at radius 1 is 1.45 bits per heavy atom. The maximum Gasteiger partial charge on any atom is 0.340 e. The molecule has 0 unspecified atom stereocenters. The molecule has 0 amide bonds. The van der Waals surface area contributed by atoms with E-state index in [4.69, 9.17) is 5.11 Å². The summed E-state index contributed by atoms with van der Waals surface area (Å²) >= 11 is 1.51. The zero-order valence-electron chi connectivity index (χ0n) is 10.6. The van der Waals surface area contributed by atoms with Gasteiger partial charge in [0.1, 0.15) is 5.56 Å². The average molecular weight is 315 g/mol. The van der Waals surface area contributed by atoms with Crippen molar-refractivity contribution < 1.29 is 18.3 Å². The normalized spacial score (nSPS) is 11.7. The number of aromatic carboxylic acids is 1. The molecule has 0 atom stereocenters. The van der Waals surface area contributed by atoms with Crippen LogP contribution in [0.2, 0.25) is 0 Å². The lowest BCUT2D eigenvalue weighted by Crippen LogP contribution is -2.24. The van der Waals surface area contributed by atoms with Crippen LogP contribution in [0, 0.1) is 0 Å². The lowest BCUT2D eigenvalue weighted by atomic mass is 10.4. The van der Waals surface area contributed by atoms with Crippen molar-refractivity contribution in [3.05, 3.63) is 33.6 Å². The van der Waals surface area contributed by atoms with Crippen molar-refractivity contribution in [1.29, 1.82) is 0 Å². The largest absolute Gasteiger partial charge is 0.478 e. The number of rotatable bonds is 6. The number of H-pyrrole nitrogens is 1.